The lowest BCUT2D eigenvalue weighted by Crippen LogP contribution is -2.41. The van der Waals surface area contributed by atoms with Gasteiger partial charge in [-0.1, -0.05) is 6.07 Å². The lowest BCUT2D eigenvalue weighted by Gasteiger charge is -2.14. The van der Waals surface area contributed by atoms with Gasteiger partial charge in [-0.2, -0.15) is 0 Å². The van der Waals surface area contributed by atoms with Crippen LogP contribution in [-0.2, 0) is 14.3 Å². The minimum absolute atomic E-state index is 0.0420. The minimum Gasteiger partial charge on any atom is -0.480 e. The first kappa shape index (κ1) is 15.6. The summed E-state index contributed by atoms with van der Waals surface area (Å²) in [7, 11) is 1.22. The first-order chi connectivity index (χ1) is 9.45. The number of aromatic nitrogens is 1. The van der Waals surface area contributed by atoms with Gasteiger partial charge in [-0.25, -0.2) is 4.79 Å². The van der Waals surface area contributed by atoms with Crippen molar-refractivity contribution in [1.29, 1.82) is 0 Å². The molecule has 0 aliphatic carbocycles. The summed E-state index contributed by atoms with van der Waals surface area (Å²) in [5, 5.41) is 11.4. The highest BCUT2D eigenvalue weighted by Crippen LogP contribution is 2.05. The molecule has 0 spiro atoms. The molecule has 2 N–H and O–H groups in total. The molecule has 108 valence electrons. The predicted octanol–water partition coefficient (Wildman–Crippen LogP) is 0.526. The molecule has 1 amide bonds. The number of nitrogens with zero attached hydrogens (tertiary/aromatic N) is 1. The van der Waals surface area contributed by atoms with Crippen molar-refractivity contribution in [3.63, 3.8) is 0 Å². The van der Waals surface area contributed by atoms with Crippen molar-refractivity contribution in [2.24, 2.45) is 0 Å². The van der Waals surface area contributed by atoms with E-state index < -0.39 is 23.9 Å². The van der Waals surface area contributed by atoms with Crippen LogP contribution in [0.5, 0.6) is 0 Å². The molecule has 0 aliphatic heterocycles. The summed E-state index contributed by atoms with van der Waals surface area (Å²) < 4.78 is 4.43. The average Bonchev–Trinajstić information content (AvgIpc) is 2.42. The second-order valence-corrected chi connectivity index (χ2v) is 4.15. The molecule has 0 saturated carbocycles. The quantitative estimate of drug-likeness (QED) is 0.736. The lowest BCUT2D eigenvalue weighted by atomic mass is 10.1. The van der Waals surface area contributed by atoms with E-state index in [2.05, 4.69) is 15.0 Å². The van der Waals surface area contributed by atoms with Gasteiger partial charge >= 0.3 is 11.9 Å². The van der Waals surface area contributed by atoms with Gasteiger partial charge in [-0.05, 0) is 25.0 Å². The number of pyridine rings is 1. The molecule has 20 heavy (non-hydrogen) atoms. The molecule has 1 atom stereocenters. The molecule has 0 radical (unpaired) electrons. The summed E-state index contributed by atoms with van der Waals surface area (Å²) in [6.45, 7) is 1.70. The van der Waals surface area contributed by atoms with E-state index in [-0.39, 0.29) is 18.5 Å². The smallest absolute Gasteiger partial charge is 0.326 e. The number of carboxylic acid groups (broad SMARTS) is 1. The highest BCUT2D eigenvalue weighted by Gasteiger charge is 2.23. The van der Waals surface area contributed by atoms with E-state index in [0.29, 0.717) is 5.56 Å². The Morgan fingerprint density at radius 3 is 2.70 bits per heavy atom. The number of carboxylic acids is 1. The molecular formula is C13H16N2O5. The van der Waals surface area contributed by atoms with Gasteiger partial charge in [0.2, 0.25) is 0 Å². The maximum atomic E-state index is 11.9. The molecule has 1 unspecified atom stereocenters. The van der Waals surface area contributed by atoms with Crippen molar-refractivity contribution in [2.45, 2.75) is 25.8 Å². The van der Waals surface area contributed by atoms with Crippen LogP contribution in [0.2, 0.25) is 0 Å². The zero-order valence-electron chi connectivity index (χ0n) is 11.3. The van der Waals surface area contributed by atoms with Gasteiger partial charge in [0.15, 0.2) is 0 Å². The third-order valence-corrected chi connectivity index (χ3v) is 2.69. The molecule has 1 rings (SSSR count). The van der Waals surface area contributed by atoms with Gasteiger partial charge in [0.05, 0.1) is 7.11 Å². The van der Waals surface area contributed by atoms with Crippen molar-refractivity contribution >= 4 is 17.8 Å². The largest absolute Gasteiger partial charge is 0.480 e. The van der Waals surface area contributed by atoms with Crippen LogP contribution in [0.25, 0.3) is 0 Å². The van der Waals surface area contributed by atoms with Crippen molar-refractivity contribution in [2.75, 3.05) is 7.11 Å². The predicted molar refractivity (Wildman–Crippen MR) is 69.1 cm³/mol. The van der Waals surface area contributed by atoms with Gasteiger partial charge in [0.1, 0.15) is 11.7 Å². The van der Waals surface area contributed by atoms with Gasteiger partial charge in [0.25, 0.3) is 5.91 Å². The summed E-state index contributed by atoms with van der Waals surface area (Å²) in [6.07, 6.45) is 1.32. The molecule has 1 aromatic heterocycles. The van der Waals surface area contributed by atoms with E-state index in [1.165, 1.54) is 13.3 Å². The maximum absolute atomic E-state index is 11.9. The van der Waals surface area contributed by atoms with Crippen LogP contribution in [0.15, 0.2) is 18.3 Å². The lowest BCUT2D eigenvalue weighted by molar-refractivity contribution is -0.142. The van der Waals surface area contributed by atoms with E-state index in [0.717, 1.165) is 0 Å². The van der Waals surface area contributed by atoms with Crippen molar-refractivity contribution < 1.29 is 24.2 Å². The summed E-state index contributed by atoms with van der Waals surface area (Å²) in [6, 6.07) is 2.22. The second kappa shape index (κ2) is 7.22. The Labute approximate surface area is 116 Å². The van der Waals surface area contributed by atoms with Crippen LogP contribution >= 0.6 is 0 Å². The number of methoxy groups -OCH3 is 1. The fourth-order valence-electron chi connectivity index (χ4n) is 1.57. The number of aliphatic carboxylic acids is 1. The molecule has 0 aliphatic rings. The number of rotatable bonds is 6. The summed E-state index contributed by atoms with van der Waals surface area (Å²) in [4.78, 5) is 37.9. The molecule has 0 aromatic carbocycles. The van der Waals surface area contributed by atoms with Crippen molar-refractivity contribution in [3.8, 4) is 0 Å². The number of aryl methyl sites for hydroxylation is 1. The van der Waals surface area contributed by atoms with Crippen LogP contribution in [0, 0.1) is 6.92 Å². The van der Waals surface area contributed by atoms with Crippen LogP contribution in [0.1, 0.15) is 28.9 Å². The number of ether oxygens (including phenoxy) is 1. The van der Waals surface area contributed by atoms with Gasteiger partial charge in [0, 0.05) is 12.6 Å². The molecule has 0 fully saturated rings. The number of esters is 1. The van der Waals surface area contributed by atoms with E-state index in [9.17, 15) is 14.4 Å². The van der Waals surface area contributed by atoms with E-state index in [1.807, 2.05) is 0 Å². The van der Waals surface area contributed by atoms with Crippen LogP contribution < -0.4 is 5.32 Å². The normalized spacial score (nSPS) is 11.5. The average molecular weight is 280 g/mol. The van der Waals surface area contributed by atoms with Crippen LogP contribution in [-0.4, -0.2) is 41.1 Å². The number of hydrogen-bond acceptors (Lipinski definition) is 5. The van der Waals surface area contributed by atoms with Gasteiger partial charge in [-0.3, -0.25) is 14.6 Å². The highest BCUT2D eigenvalue weighted by atomic mass is 16.5. The van der Waals surface area contributed by atoms with E-state index in [4.69, 9.17) is 5.11 Å². The number of nitrogens with one attached hydrogen (secondary N) is 1. The molecule has 1 heterocycles. The number of carbonyl (C=O) groups excluding carboxylic acids is 2. The minimum atomic E-state index is -1.21. The zero-order chi connectivity index (χ0) is 15.1. The Bertz CT molecular complexity index is 515. The topological polar surface area (TPSA) is 106 Å². The van der Waals surface area contributed by atoms with Gasteiger partial charge < -0.3 is 15.2 Å². The zero-order valence-corrected chi connectivity index (χ0v) is 11.3. The standard InChI is InChI=1S/C13H16N2O5/c1-8-4-3-7-14-11(8)12(17)15-9(13(18)19)5-6-10(16)20-2/h3-4,7,9H,5-6H2,1-2H3,(H,15,17)(H,18,19). The molecular weight excluding hydrogens is 264 g/mol. The highest BCUT2D eigenvalue weighted by molar-refractivity contribution is 5.96. The molecule has 1 aromatic rings. The molecule has 0 bridgehead atoms. The van der Waals surface area contributed by atoms with Crippen molar-refractivity contribution in [3.05, 3.63) is 29.6 Å². The Morgan fingerprint density at radius 2 is 2.15 bits per heavy atom. The number of hydrogen-bond donors (Lipinski definition) is 2. The molecule has 7 nitrogen and oxygen atoms in total. The second-order valence-electron chi connectivity index (χ2n) is 4.15. The van der Waals surface area contributed by atoms with Crippen molar-refractivity contribution in [1.82, 2.24) is 10.3 Å². The first-order valence-corrected chi connectivity index (χ1v) is 5.97. The van der Waals surface area contributed by atoms with E-state index in [1.54, 1.807) is 19.1 Å². The summed E-state index contributed by atoms with van der Waals surface area (Å²) >= 11 is 0. The summed E-state index contributed by atoms with van der Waals surface area (Å²) in [5.74, 6) is -2.32. The SMILES string of the molecule is COC(=O)CCC(NC(=O)c1ncccc1C)C(=O)O. The summed E-state index contributed by atoms with van der Waals surface area (Å²) in [5.41, 5.74) is 0.805. The Hall–Kier alpha value is -2.44. The monoisotopic (exact) mass is 280 g/mol. The molecule has 0 saturated heterocycles. The fourth-order valence-corrected chi connectivity index (χ4v) is 1.57. The third-order valence-electron chi connectivity index (χ3n) is 2.69. The maximum Gasteiger partial charge on any atom is 0.326 e. The van der Waals surface area contributed by atoms with E-state index >= 15 is 0 Å². The van der Waals surface area contributed by atoms with Gasteiger partial charge in [-0.15, -0.1) is 0 Å². The van der Waals surface area contributed by atoms with Crippen LogP contribution in [0.3, 0.4) is 0 Å². The number of amides is 1. The fraction of sp³-hybridized carbons (Fsp3) is 0.385. The Balaban J connectivity index is 2.71. The first-order valence-electron chi connectivity index (χ1n) is 5.97. The Morgan fingerprint density at radius 1 is 1.45 bits per heavy atom. The number of carbonyl (C=O) groups is 3. The molecule has 7 heteroatoms. The third kappa shape index (κ3) is 4.34. The van der Waals surface area contributed by atoms with Crippen LogP contribution in [0.4, 0.5) is 0 Å². The Kier molecular flexibility index (Phi) is 5.64.